The molecule has 0 radical (unpaired) electrons. The van der Waals surface area contributed by atoms with Crippen LogP contribution in [-0.2, 0) is 0 Å². The van der Waals surface area contributed by atoms with Crippen molar-refractivity contribution in [2.45, 2.75) is 109 Å². The maximum absolute atomic E-state index is 8.71. The van der Waals surface area contributed by atoms with Gasteiger partial charge in [-0.1, -0.05) is 89.9 Å². The molecule has 0 aromatic heterocycles. The van der Waals surface area contributed by atoms with Gasteiger partial charge in [-0.25, -0.2) is 0 Å². The van der Waals surface area contributed by atoms with Crippen molar-refractivity contribution >= 4 is 0 Å². The van der Waals surface area contributed by atoms with Crippen molar-refractivity contribution in [2.24, 2.45) is 0 Å². The maximum Gasteiger partial charge on any atom is 0.0443 e. The minimum Gasteiger partial charge on any atom is -0.396 e. The molecule has 0 aliphatic carbocycles. The fourth-order valence-electron chi connectivity index (χ4n) is 3.17. The number of hydrogen-bond donors (Lipinski definition) is 3. The third-order valence-electron chi connectivity index (χ3n) is 4.77. The van der Waals surface area contributed by atoms with Crippen LogP contribution in [0.15, 0.2) is 0 Å². The first-order valence-corrected chi connectivity index (χ1v) is 10.8. The van der Waals surface area contributed by atoms with Gasteiger partial charge >= 0.3 is 0 Å². The Morgan fingerprint density at radius 2 is 0.625 bits per heavy atom. The van der Waals surface area contributed by atoms with E-state index in [2.05, 4.69) is 5.32 Å². The van der Waals surface area contributed by atoms with E-state index in [1.807, 2.05) is 0 Å². The summed E-state index contributed by atoms with van der Waals surface area (Å²) < 4.78 is 0. The first-order chi connectivity index (χ1) is 11.9. The lowest BCUT2D eigenvalue weighted by atomic mass is 10.0. The highest BCUT2D eigenvalue weighted by Gasteiger charge is 1.95. The minimum absolute atomic E-state index is 0.304. The first-order valence-electron chi connectivity index (χ1n) is 10.8. The molecule has 0 saturated carbocycles. The molecule has 146 valence electrons. The van der Waals surface area contributed by atoms with Gasteiger partial charge in [0.2, 0.25) is 0 Å². The van der Waals surface area contributed by atoms with Gasteiger partial charge < -0.3 is 15.5 Å². The molecule has 0 saturated heterocycles. The van der Waals surface area contributed by atoms with Crippen LogP contribution in [0.1, 0.15) is 109 Å². The Kier molecular flexibility index (Phi) is 22.8. The summed E-state index contributed by atoms with van der Waals surface area (Å²) in [7, 11) is 0. The summed E-state index contributed by atoms with van der Waals surface area (Å²) in [4.78, 5) is 0. The topological polar surface area (TPSA) is 52.5 Å². The van der Waals surface area contributed by atoms with E-state index in [9.17, 15) is 0 Å². The smallest absolute Gasteiger partial charge is 0.0443 e. The fourth-order valence-corrected chi connectivity index (χ4v) is 3.17. The van der Waals surface area contributed by atoms with Crippen molar-refractivity contribution in [1.29, 1.82) is 0 Å². The average molecular weight is 344 g/mol. The Hall–Kier alpha value is -0.120. The third kappa shape index (κ3) is 21.9. The first kappa shape index (κ1) is 23.9. The van der Waals surface area contributed by atoms with E-state index >= 15 is 0 Å². The standard InChI is InChI=1S/C21H45NO2/c23-20-16-14-12-10-8-6-4-2-1-3-5-7-9-11-13-15-18-22-19-17-21-24/h22-24H,1-21H2. The highest BCUT2D eigenvalue weighted by molar-refractivity contribution is 4.52. The highest BCUT2D eigenvalue weighted by atomic mass is 16.3. The molecule has 0 heterocycles. The van der Waals surface area contributed by atoms with Crippen LogP contribution in [0, 0.1) is 0 Å². The Balaban J connectivity index is 2.93. The molecule has 0 aromatic rings. The molecule has 3 N–H and O–H groups in total. The van der Waals surface area contributed by atoms with Crippen LogP contribution in [0.2, 0.25) is 0 Å². The van der Waals surface area contributed by atoms with E-state index in [-0.39, 0.29) is 0 Å². The van der Waals surface area contributed by atoms with E-state index in [1.165, 1.54) is 96.3 Å². The molecular weight excluding hydrogens is 298 g/mol. The van der Waals surface area contributed by atoms with Crippen LogP contribution in [0.4, 0.5) is 0 Å². The summed E-state index contributed by atoms with van der Waals surface area (Å²) in [5.74, 6) is 0. The van der Waals surface area contributed by atoms with E-state index < -0.39 is 0 Å². The van der Waals surface area contributed by atoms with Gasteiger partial charge in [-0.05, 0) is 32.4 Å². The summed E-state index contributed by atoms with van der Waals surface area (Å²) >= 11 is 0. The molecule has 3 heteroatoms. The van der Waals surface area contributed by atoms with Gasteiger partial charge in [0.15, 0.2) is 0 Å². The van der Waals surface area contributed by atoms with Crippen LogP contribution >= 0.6 is 0 Å². The van der Waals surface area contributed by atoms with Crippen molar-refractivity contribution in [3.8, 4) is 0 Å². The molecule has 0 unspecified atom stereocenters. The average Bonchev–Trinajstić information content (AvgIpc) is 2.60. The molecule has 24 heavy (non-hydrogen) atoms. The van der Waals surface area contributed by atoms with Gasteiger partial charge in [0.1, 0.15) is 0 Å². The second-order valence-corrected chi connectivity index (χ2v) is 7.21. The summed E-state index contributed by atoms with van der Waals surface area (Å²) in [5, 5.41) is 20.7. The Morgan fingerprint density at radius 3 is 1.00 bits per heavy atom. The minimum atomic E-state index is 0.304. The quantitative estimate of drug-likeness (QED) is 0.251. The van der Waals surface area contributed by atoms with E-state index in [1.54, 1.807) is 0 Å². The van der Waals surface area contributed by atoms with Gasteiger partial charge in [-0.15, -0.1) is 0 Å². The highest BCUT2D eigenvalue weighted by Crippen LogP contribution is 2.13. The van der Waals surface area contributed by atoms with Gasteiger partial charge in [0, 0.05) is 13.2 Å². The Labute approximate surface area is 151 Å². The molecule has 0 aromatic carbocycles. The summed E-state index contributed by atoms with van der Waals surface area (Å²) in [6.45, 7) is 2.74. The van der Waals surface area contributed by atoms with Crippen molar-refractivity contribution in [2.75, 3.05) is 26.3 Å². The zero-order chi connectivity index (χ0) is 17.6. The van der Waals surface area contributed by atoms with Crippen LogP contribution in [0.25, 0.3) is 0 Å². The van der Waals surface area contributed by atoms with Crippen LogP contribution in [0.5, 0.6) is 0 Å². The number of unbranched alkanes of at least 4 members (excludes halogenated alkanes) is 15. The Morgan fingerprint density at radius 1 is 0.333 bits per heavy atom. The monoisotopic (exact) mass is 343 g/mol. The van der Waals surface area contributed by atoms with E-state index in [0.29, 0.717) is 13.2 Å². The predicted octanol–water partition coefficient (Wildman–Crippen LogP) is 5.19. The molecule has 0 bridgehead atoms. The summed E-state index contributed by atoms with van der Waals surface area (Å²) in [5.41, 5.74) is 0. The lowest BCUT2D eigenvalue weighted by molar-refractivity contribution is 0.282. The second kappa shape index (κ2) is 22.9. The molecule has 3 nitrogen and oxygen atoms in total. The fraction of sp³-hybridized carbons (Fsp3) is 1.00. The van der Waals surface area contributed by atoms with Crippen molar-refractivity contribution in [1.82, 2.24) is 5.32 Å². The van der Waals surface area contributed by atoms with E-state index in [0.717, 1.165) is 25.9 Å². The van der Waals surface area contributed by atoms with E-state index in [4.69, 9.17) is 10.2 Å². The zero-order valence-corrected chi connectivity index (χ0v) is 16.2. The molecule has 0 rings (SSSR count). The molecule has 0 fully saturated rings. The molecule has 0 aliphatic heterocycles. The van der Waals surface area contributed by atoms with Crippen molar-refractivity contribution < 1.29 is 10.2 Å². The zero-order valence-electron chi connectivity index (χ0n) is 16.2. The molecule has 0 spiro atoms. The lowest BCUT2D eigenvalue weighted by Crippen LogP contribution is -2.17. The maximum atomic E-state index is 8.71. The van der Waals surface area contributed by atoms with Gasteiger partial charge in [0.05, 0.1) is 0 Å². The number of aliphatic hydroxyl groups excluding tert-OH is 2. The van der Waals surface area contributed by atoms with Gasteiger partial charge in [-0.2, -0.15) is 0 Å². The summed E-state index contributed by atoms with van der Waals surface area (Å²) in [6.07, 6.45) is 22.5. The lowest BCUT2D eigenvalue weighted by Gasteiger charge is -2.04. The molecule has 0 amide bonds. The summed E-state index contributed by atoms with van der Waals surface area (Å²) in [6, 6.07) is 0. The van der Waals surface area contributed by atoms with Crippen LogP contribution in [0.3, 0.4) is 0 Å². The molecule has 0 atom stereocenters. The molecule has 0 aliphatic rings. The third-order valence-corrected chi connectivity index (χ3v) is 4.77. The number of hydrogen-bond acceptors (Lipinski definition) is 3. The van der Waals surface area contributed by atoms with Crippen molar-refractivity contribution in [3.63, 3.8) is 0 Å². The normalized spacial score (nSPS) is 11.2. The van der Waals surface area contributed by atoms with Gasteiger partial charge in [0.25, 0.3) is 0 Å². The number of aliphatic hydroxyl groups is 2. The van der Waals surface area contributed by atoms with Crippen molar-refractivity contribution in [3.05, 3.63) is 0 Å². The Bertz CT molecular complexity index is 190. The largest absolute Gasteiger partial charge is 0.396 e. The predicted molar refractivity (Wildman–Crippen MR) is 106 cm³/mol. The van der Waals surface area contributed by atoms with Crippen LogP contribution in [-0.4, -0.2) is 36.5 Å². The number of nitrogens with one attached hydrogen (secondary N) is 1. The SMILES string of the molecule is OCCCCCCCCCCCCCCCCCCNCCCO. The van der Waals surface area contributed by atoms with Gasteiger partial charge in [-0.3, -0.25) is 0 Å². The molecular formula is C21H45NO2. The second-order valence-electron chi connectivity index (χ2n) is 7.21. The van der Waals surface area contributed by atoms with Crippen LogP contribution < -0.4 is 5.32 Å². The number of rotatable bonds is 21.